The fourth-order valence-electron chi connectivity index (χ4n) is 2.00. The van der Waals surface area contributed by atoms with Crippen LogP contribution in [0.4, 0.5) is 5.69 Å². The van der Waals surface area contributed by atoms with Crippen LogP contribution in [0.3, 0.4) is 0 Å². The third-order valence-electron chi connectivity index (χ3n) is 3.25. The maximum Gasteiger partial charge on any atom is 0.315 e. The van der Waals surface area contributed by atoms with Crippen LogP contribution in [0.2, 0.25) is 0 Å². The van der Waals surface area contributed by atoms with E-state index in [4.69, 9.17) is 4.74 Å². The number of phenols is 1. The molecule has 0 saturated heterocycles. The molecule has 0 heterocycles. The fraction of sp³-hybridized carbons (Fsp3) is 0.125. The van der Waals surface area contributed by atoms with E-state index < -0.39 is 28.4 Å². The van der Waals surface area contributed by atoms with Crippen LogP contribution in [-0.4, -0.2) is 34.4 Å². The van der Waals surface area contributed by atoms with E-state index in [1.165, 1.54) is 13.2 Å². The van der Waals surface area contributed by atoms with Gasteiger partial charge in [-0.3, -0.25) is 14.9 Å². The van der Waals surface area contributed by atoms with Crippen molar-refractivity contribution in [2.24, 2.45) is 5.10 Å². The molecule has 1 amide bonds. The second-order valence-electron chi connectivity index (χ2n) is 4.90. The Morgan fingerprint density at radius 2 is 2.04 bits per heavy atom. The topological polar surface area (TPSA) is 134 Å². The van der Waals surface area contributed by atoms with Gasteiger partial charge in [-0.05, 0) is 11.6 Å². The Labute approximate surface area is 142 Å². The van der Waals surface area contributed by atoms with Crippen molar-refractivity contribution in [1.29, 1.82) is 0 Å². The average Bonchev–Trinajstić information content (AvgIpc) is 2.62. The van der Waals surface area contributed by atoms with Crippen LogP contribution in [0.15, 0.2) is 47.6 Å². The second kappa shape index (κ2) is 7.88. The number of nitrogens with one attached hydrogen (secondary N) is 1. The zero-order valence-electron chi connectivity index (χ0n) is 13.1. The van der Waals surface area contributed by atoms with Gasteiger partial charge < -0.3 is 14.9 Å². The molecule has 0 bridgehead atoms. The van der Waals surface area contributed by atoms with Crippen molar-refractivity contribution in [1.82, 2.24) is 5.43 Å². The van der Waals surface area contributed by atoms with Gasteiger partial charge in [0.05, 0.1) is 18.2 Å². The van der Waals surface area contributed by atoms with E-state index >= 15 is 0 Å². The molecular weight excluding hydrogens is 330 g/mol. The zero-order valence-corrected chi connectivity index (χ0v) is 13.1. The maximum atomic E-state index is 11.8. The van der Waals surface area contributed by atoms with E-state index in [1.54, 1.807) is 30.3 Å². The van der Waals surface area contributed by atoms with Crippen LogP contribution in [0.25, 0.3) is 0 Å². The molecule has 0 aliphatic heterocycles. The molecular formula is C16H15N3O6. The molecule has 2 aromatic carbocycles. The first-order valence-electron chi connectivity index (χ1n) is 7.05. The molecule has 1 unspecified atom stereocenters. The number of hydrogen-bond donors (Lipinski definition) is 3. The molecule has 3 N–H and O–H groups in total. The highest BCUT2D eigenvalue weighted by Gasteiger charge is 2.19. The van der Waals surface area contributed by atoms with Crippen LogP contribution >= 0.6 is 0 Å². The summed E-state index contributed by atoms with van der Waals surface area (Å²) < 4.78 is 4.86. The molecule has 130 valence electrons. The Morgan fingerprint density at radius 1 is 1.36 bits per heavy atom. The van der Waals surface area contributed by atoms with Gasteiger partial charge in [0.1, 0.15) is 0 Å². The van der Waals surface area contributed by atoms with Crippen molar-refractivity contribution in [3.8, 4) is 11.5 Å². The average molecular weight is 345 g/mol. The minimum Gasteiger partial charge on any atom is -0.500 e. The normalized spacial score (nSPS) is 11.9. The molecule has 0 radical (unpaired) electrons. The van der Waals surface area contributed by atoms with Crippen LogP contribution in [0.1, 0.15) is 17.2 Å². The molecule has 9 nitrogen and oxygen atoms in total. The molecule has 0 fully saturated rings. The predicted molar refractivity (Wildman–Crippen MR) is 88.5 cm³/mol. The van der Waals surface area contributed by atoms with E-state index in [9.17, 15) is 25.1 Å². The Balaban J connectivity index is 2.13. The van der Waals surface area contributed by atoms with Crippen LogP contribution in [0.5, 0.6) is 11.5 Å². The lowest BCUT2D eigenvalue weighted by Crippen LogP contribution is -2.25. The number of carbonyl (C=O) groups is 1. The van der Waals surface area contributed by atoms with Crippen molar-refractivity contribution in [2.75, 3.05) is 7.11 Å². The van der Waals surface area contributed by atoms with Crippen LogP contribution in [-0.2, 0) is 4.79 Å². The first kappa shape index (κ1) is 17.9. The van der Waals surface area contributed by atoms with Gasteiger partial charge in [0.15, 0.2) is 11.9 Å². The smallest absolute Gasteiger partial charge is 0.315 e. The third kappa shape index (κ3) is 4.30. The summed E-state index contributed by atoms with van der Waals surface area (Å²) in [6, 6.07) is 10.7. The summed E-state index contributed by atoms with van der Waals surface area (Å²) in [6.07, 6.45) is -0.271. The van der Waals surface area contributed by atoms with Gasteiger partial charge in [-0.1, -0.05) is 30.3 Å². The number of hydrogen-bond acceptors (Lipinski definition) is 7. The first-order chi connectivity index (χ1) is 11.9. The van der Waals surface area contributed by atoms with Gasteiger partial charge in [0, 0.05) is 11.6 Å². The number of nitrogens with zero attached hydrogens (tertiary/aromatic N) is 2. The number of nitro groups is 1. The lowest BCUT2D eigenvalue weighted by molar-refractivity contribution is -0.386. The van der Waals surface area contributed by atoms with Gasteiger partial charge >= 0.3 is 5.69 Å². The molecule has 0 aliphatic rings. The largest absolute Gasteiger partial charge is 0.500 e. The van der Waals surface area contributed by atoms with Gasteiger partial charge in [-0.25, -0.2) is 5.43 Å². The minimum atomic E-state index is -1.40. The molecule has 0 aliphatic carbocycles. The van der Waals surface area contributed by atoms with E-state index in [0.717, 1.165) is 12.3 Å². The van der Waals surface area contributed by atoms with Gasteiger partial charge in [0.25, 0.3) is 5.91 Å². The standard InChI is InChI=1S/C16H15N3O6/c1-25-13-8-10(7-12(15(13)21)19(23)24)9-17-18-16(22)14(20)11-5-3-2-4-6-11/h2-9,14,20-21H,1H3,(H,18,22)/b17-9+. The van der Waals surface area contributed by atoms with E-state index in [0.29, 0.717) is 5.56 Å². The number of aromatic hydroxyl groups is 1. The van der Waals surface area contributed by atoms with Crippen molar-refractivity contribution in [3.05, 3.63) is 63.7 Å². The van der Waals surface area contributed by atoms with Crippen molar-refractivity contribution in [2.45, 2.75) is 6.10 Å². The number of amides is 1. The quantitative estimate of drug-likeness (QED) is 0.412. The van der Waals surface area contributed by atoms with Gasteiger partial charge in [0.2, 0.25) is 5.75 Å². The summed E-state index contributed by atoms with van der Waals surface area (Å²) in [7, 11) is 1.25. The Hall–Kier alpha value is -3.46. The summed E-state index contributed by atoms with van der Waals surface area (Å²) in [5, 5.41) is 34.1. The summed E-state index contributed by atoms with van der Waals surface area (Å²) in [5.74, 6) is -1.47. The Bertz CT molecular complexity index is 807. The third-order valence-corrected chi connectivity index (χ3v) is 3.25. The molecule has 0 saturated carbocycles. The number of rotatable bonds is 6. The number of ether oxygens (including phenoxy) is 1. The minimum absolute atomic E-state index is 0.105. The number of carbonyl (C=O) groups excluding carboxylic acids is 1. The maximum absolute atomic E-state index is 11.8. The lowest BCUT2D eigenvalue weighted by atomic mass is 10.1. The zero-order chi connectivity index (χ0) is 18.4. The Kier molecular flexibility index (Phi) is 5.64. The highest BCUT2D eigenvalue weighted by Crippen LogP contribution is 2.36. The fourth-order valence-corrected chi connectivity index (χ4v) is 2.00. The van der Waals surface area contributed by atoms with E-state index in [2.05, 4.69) is 10.5 Å². The lowest BCUT2D eigenvalue weighted by Gasteiger charge is -2.08. The van der Waals surface area contributed by atoms with Crippen molar-refractivity contribution < 1.29 is 24.7 Å². The Morgan fingerprint density at radius 3 is 2.64 bits per heavy atom. The SMILES string of the molecule is COc1cc(/C=N/NC(=O)C(O)c2ccccc2)cc([N+](=O)[O-])c1O. The van der Waals surface area contributed by atoms with Crippen molar-refractivity contribution >= 4 is 17.8 Å². The summed E-state index contributed by atoms with van der Waals surface area (Å²) >= 11 is 0. The summed E-state index contributed by atoms with van der Waals surface area (Å²) in [6.45, 7) is 0. The number of hydrazone groups is 1. The monoisotopic (exact) mass is 345 g/mol. The number of benzene rings is 2. The molecule has 25 heavy (non-hydrogen) atoms. The number of aliphatic hydroxyl groups is 1. The number of methoxy groups -OCH3 is 1. The molecule has 2 aromatic rings. The number of phenolic OH excluding ortho intramolecular Hbond substituents is 1. The number of nitro benzene ring substituents is 1. The van der Waals surface area contributed by atoms with Crippen molar-refractivity contribution in [3.63, 3.8) is 0 Å². The number of aliphatic hydroxyl groups excluding tert-OH is 1. The first-order valence-corrected chi connectivity index (χ1v) is 7.05. The highest BCUT2D eigenvalue weighted by atomic mass is 16.6. The second-order valence-corrected chi connectivity index (χ2v) is 4.90. The molecule has 2 rings (SSSR count). The van der Waals surface area contributed by atoms with E-state index in [1.807, 2.05) is 0 Å². The summed E-state index contributed by atoms with van der Waals surface area (Å²) in [4.78, 5) is 22.0. The predicted octanol–water partition coefficient (Wildman–Crippen LogP) is 1.49. The highest BCUT2D eigenvalue weighted by molar-refractivity contribution is 5.86. The van der Waals surface area contributed by atoms with Gasteiger partial charge in [-0.2, -0.15) is 5.10 Å². The van der Waals surface area contributed by atoms with Gasteiger partial charge in [-0.15, -0.1) is 0 Å². The molecule has 1 atom stereocenters. The summed E-state index contributed by atoms with van der Waals surface area (Å²) in [5.41, 5.74) is 2.20. The molecule has 0 spiro atoms. The molecule has 9 heteroatoms. The van der Waals surface area contributed by atoms with Crippen LogP contribution < -0.4 is 10.2 Å². The van der Waals surface area contributed by atoms with E-state index in [-0.39, 0.29) is 11.3 Å². The molecule has 0 aromatic heterocycles. The van der Waals surface area contributed by atoms with Crippen LogP contribution in [0, 0.1) is 10.1 Å².